The van der Waals surface area contributed by atoms with E-state index in [1.807, 2.05) is 11.9 Å². The molecule has 0 aliphatic carbocycles. The second-order valence-electron chi connectivity index (χ2n) is 4.24. The molecule has 0 aromatic carbocycles. The molecular weight excluding hydrogens is 256 g/mol. The number of sulfone groups is 1. The van der Waals surface area contributed by atoms with E-state index < -0.39 is 15.7 Å². The molecule has 18 heavy (non-hydrogen) atoms. The van der Waals surface area contributed by atoms with Crippen LogP contribution in [0.25, 0.3) is 0 Å². The number of primary amides is 1. The smallest absolute Gasteiger partial charge is 0.284 e. The summed E-state index contributed by atoms with van der Waals surface area (Å²) in [6.45, 7) is 1.62. The molecule has 0 saturated carbocycles. The summed E-state index contributed by atoms with van der Waals surface area (Å²) in [7, 11) is -1.12. The highest BCUT2D eigenvalue weighted by Gasteiger charge is 2.10. The fraction of sp³-hybridized carbons (Fsp3) is 0.600. The van der Waals surface area contributed by atoms with Crippen molar-refractivity contribution in [3.05, 3.63) is 18.2 Å². The lowest BCUT2D eigenvalue weighted by Gasteiger charge is -2.16. The molecule has 0 bridgehead atoms. The van der Waals surface area contributed by atoms with Crippen molar-refractivity contribution >= 4 is 15.7 Å². The Morgan fingerprint density at radius 1 is 1.50 bits per heavy atom. The van der Waals surface area contributed by atoms with Gasteiger partial charge in [0, 0.05) is 38.3 Å². The van der Waals surface area contributed by atoms with Crippen molar-refractivity contribution < 1.29 is 13.2 Å². The topological polar surface area (TPSA) is 98.3 Å². The lowest BCUT2D eigenvalue weighted by atomic mass is 10.5. The number of carbonyl (C=O) groups excluding carboxylic acids is 1. The van der Waals surface area contributed by atoms with Crippen molar-refractivity contribution in [2.75, 3.05) is 32.1 Å². The lowest BCUT2D eigenvalue weighted by Crippen LogP contribution is -2.29. The molecule has 0 saturated heterocycles. The molecule has 102 valence electrons. The molecular formula is C10H18N4O3S. The average molecular weight is 274 g/mol. The quantitative estimate of drug-likeness (QED) is 0.684. The predicted octanol–water partition coefficient (Wildman–Crippen LogP) is -1.04. The molecule has 0 fully saturated rings. The number of nitrogens with two attached hydrogens (primary N) is 1. The molecule has 8 heteroatoms. The van der Waals surface area contributed by atoms with E-state index in [4.69, 9.17) is 5.73 Å². The minimum atomic E-state index is -2.95. The summed E-state index contributed by atoms with van der Waals surface area (Å²) in [5, 5.41) is 0. The van der Waals surface area contributed by atoms with E-state index in [0.29, 0.717) is 19.6 Å². The average Bonchev–Trinajstić information content (AvgIpc) is 2.70. The number of hydrogen-bond donors (Lipinski definition) is 1. The fourth-order valence-electron chi connectivity index (χ4n) is 1.43. The third kappa shape index (κ3) is 4.84. The molecule has 0 unspecified atom stereocenters. The van der Waals surface area contributed by atoms with Gasteiger partial charge in [-0.05, 0) is 7.05 Å². The molecule has 1 aromatic rings. The first-order valence-electron chi connectivity index (χ1n) is 5.47. The maximum atomic E-state index is 11.0. The standard InChI is InChI=1S/C10H18N4O3S/c1-13(7-8-18(2,16)17)5-6-14-4-3-12-10(14)9(11)15/h3-4H,5-8H2,1-2H3,(H2,11,15). The molecule has 0 atom stereocenters. The molecule has 0 aliphatic heterocycles. The molecule has 7 nitrogen and oxygen atoms in total. The monoisotopic (exact) mass is 274 g/mol. The van der Waals surface area contributed by atoms with E-state index in [9.17, 15) is 13.2 Å². The van der Waals surface area contributed by atoms with Gasteiger partial charge in [0.1, 0.15) is 9.84 Å². The predicted molar refractivity (Wildman–Crippen MR) is 68.0 cm³/mol. The minimum Gasteiger partial charge on any atom is -0.363 e. The third-order valence-electron chi connectivity index (χ3n) is 2.50. The van der Waals surface area contributed by atoms with Gasteiger partial charge in [0.25, 0.3) is 5.91 Å². The van der Waals surface area contributed by atoms with Crippen molar-refractivity contribution in [1.29, 1.82) is 0 Å². The van der Waals surface area contributed by atoms with E-state index in [-0.39, 0.29) is 11.6 Å². The van der Waals surface area contributed by atoms with Gasteiger partial charge in [-0.3, -0.25) is 4.79 Å². The van der Waals surface area contributed by atoms with Crippen LogP contribution >= 0.6 is 0 Å². The Morgan fingerprint density at radius 3 is 2.72 bits per heavy atom. The first kappa shape index (κ1) is 14.7. The van der Waals surface area contributed by atoms with Gasteiger partial charge in [0.15, 0.2) is 5.82 Å². The van der Waals surface area contributed by atoms with Gasteiger partial charge < -0.3 is 15.2 Å². The number of likely N-dealkylation sites (N-methyl/N-ethyl adjacent to an activating group) is 1. The first-order chi connectivity index (χ1) is 8.29. The summed E-state index contributed by atoms with van der Waals surface area (Å²) in [6, 6.07) is 0. The van der Waals surface area contributed by atoms with Crippen molar-refractivity contribution in [2.45, 2.75) is 6.54 Å². The third-order valence-corrected chi connectivity index (χ3v) is 3.43. The Kier molecular flexibility index (Phi) is 4.85. The Balaban J connectivity index is 2.45. The van der Waals surface area contributed by atoms with Crippen LogP contribution < -0.4 is 5.73 Å². The Morgan fingerprint density at radius 2 is 2.17 bits per heavy atom. The van der Waals surface area contributed by atoms with E-state index in [0.717, 1.165) is 0 Å². The minimum absolute atomic E-state index is 0.121. The van der Waals surface area contributed by atoms with E-state index >= 15 is 0 Å². The summed E-state index contributed by atoms with van der Waals surface area (Å²) in [4.78, 5) is 16.8. The van der Waals surface area contributed by atoms with Gasteiger partial charge in [-0.1, -0.05) is 0 Å². The number of aromatic nitrogens is 2. The van der Waals surface area contributed by atoms with Crippen LogP contribution in [-0.2, 0) is 16.4 Å². The van der Waals surface area contributed by atoms with Crippen molar-refractivity contribution in [1.82, 2.24) is 14.5 Å². The molecule has 1 aromatic heterocycles. The molecule has 0 radical (unpaired) electrons. The molecule has 2 N–H and O–H groups in total. The molecule has 0 aliphatic rings. The van der Waals surface area contributed by atoms with Gasteiger partial charge in [0.05, 0.1) is 5.75 Å². The van der Waals surface area contributed by atoms with Crippen molar-refractivity contribution in [2.24, 2.45) is 5.73 Å². The Labute approximate surface area is 107 Å². The molecule has 1 heterocycles. The van der Waals surface area contributed by atoms with E-state index in [2.05, 4.69) is 4.98 Å². The number of rotatable bonds is 7. The van der Waals surface area contributed by atoms with Crippen LogP contribution in [0, 0.1) is 0 Å². The van der Waals surface area contributed by atoms with Crippen molar-refractivity contribution in [3.8, 4) is 0 Å². The second-order valence-corrected chi connectivity index (χ2v) is 6.50. The second kappa shape index (κ2) is 5.96. The number of amides is 1. The van der Waals surface area contributed by atoms with Gasteiger partial charge in [-0.25, -0.2) is 13.4 Å². The van der Waals surface area contributed by atoms with E-state index in [1.165, 1.54) is 12.5 Å². The molecule has 1 rings (SSSR count). The van der Waals surface area contributed by atoms with Crippen LogP contribution in [0.3, 0.4) is 0 Å². The summed E-state index contributed by atoms with van der Waals surface area (Å²) >= 11 is 0. The van der Waals surface area contributed by atoms with Crippen LogP contribution in [-0.4, -0.2) is 60.9 Å². The highest BCUT2D eigenvalue weighted by Crippen LogP contribution is 1.97. The normalized spacial score (nSPS) is 11.9. The van der Waals surface area contributed by atoms with Crippen LogP contribution in [0.5, 0.6) is 0 Å². The zero-order valence-electron chi connectivity index (χ0n) is 10.5. The summed E-state index contributed by atoms with van der Waals surface area (Å²) < 4.78 is 23.7. The van der Waals surface area contributed by atoms with Gasteiger partial charge in [0.2, 0.25) is 0 Å². The van der Waals surface area contributed by atoms with E-state index in [1.54, 1.807) is 10.8 Å². The summed E-state index contributed by atoms with van der Waals surface area (Å²) in [5.74, 6) is -0.235. The highest BCUT2D eigenvalue weighted by molar-refractivity contribution is 7.90. The number of carbonyl (C=O) groups is 1. The maximum Gasteiger partial charge on any atom is 0.284 e. The zero-order chi connectivity index (χ0) is 13.8. The summed E-state index contributed by atoms with van der Waals surface area (Å²) in [6.07, 6.45) is 4.39. The fourth-order valence-corrected chi connectivity index (χ4v) is 2.07. The lowest BCUT2D eigenvalue weighted by molar-refractivity contribution is 0.0985. The SMILES string of the molecule is CN(CCn1ccnc1C(N)=O)CCS(C)(=O)=O. The van der Waals surface area contributed by atoms with Crippen LogP contribution in [0.1, 0.15) is 10.6 Å². The first-order valence-corrected chi connectivity index (χ1v) is 7.53. The van der Waals surface area contributed by atoms with Crippen molar-refractivity contribution in [3.63, 3.8) is 0 Å². The maximum absolute atomic E-state index is 11.0. The van der Waals surface area contributed by atoms with Crippen LogP contribution in [0.2, 0.25) is 0 Å². The molecule has 1 amide bonds. The van der Waals surface area contributed by atoms with Gasteiger partial charge >= 0.3 is 0 Å². The van der Waals surface area contributed by atoms with Gasteiger partial charge in [-0.15, -0.1) is 0 Å². The molecule has 0 spiro atoms. The summed E-state index contributed by atoms with van der Waals surface area (Å²) in [5.41, 5.74) is 5.17. The largest absolute Gasteiger partial charge is 0.363 e. The van der Waals surface area contributed by atoms with Gasteiger partial charge in [-0.2, -0.15) is 0 Å². The number of hydrogen-bond acceptors (Lipinski definition) is 5. The highest BCUT2D eigenvalue weighted by atomic mass is 32.2. The Bertz CT molecular complexity index is 509. The number of imidazole rings is 1. The van der Waals surface area contributed by atoms with Crippen LogP contribution in [0.15, 0.2) is 12.4 Å². The zero-order valence-corrected chi connectivity index (χ0v) is 11.4. The van der Waals surface area contributed by atoms with Crippen LogP contribution in [0.4, 0.5) is 0 Å². The Hall–Kier alpha value is -1.41. The number of nitrogens with zero attached hydrogens (tertiary/aromatic N) is 3.